The fraction of sp³-hybridized carbons (Fsp3) is 0.385. The van der Waals surface area contributed by atoms with Gasteiger partial charge in [-0.25, -0.2) is 0 Å². The Hall–Kier alpha value is -1.28. The van der Waals surface area contributed by atoms with E-state index in [0.29, 0.717) is 0 Å². The van der Waals surface area contributed by atoms with E-state index in [1.807, 2.05) is 20.9 Å². The Labute approximate surface area is 92.0 Å². The van der Waals surface area contributed by atoms with Crippen molar-refractivity contribution in [3.05, 3.63) is 41.5 Å². The lowest BCUT2D eigenvalue weighted by Crippen LogP contribution is -2.17. The van der Waals surface area contributed by atoms with Gasteiger partial charge in [0.15, 0.2) is 0 Å². The molecule has 0 fully saturated rings. The number of likely N-dealkylation sites (N-methyl/N-ethyl adjacent to an activating group) is 1. The van der Waals surface area contributed by atoms with Crippen molar-refractivity contribution in [2.24, 2.45) is 0 Å². The Balaban J connectivity index is 3.09. The SMILES string of the molecule is C=C(C)C(NC)c1ccc(C)c(OC)c1. The molecule has 0 saturated carbocycles. The Bertz CT molecular complexity index is 358. The minimum Gasteiger partial charge on any atom is -0.496 e. The van der Waals surface area contributed by atoms with E-state index in [9.17, 15) is 0 Å². The highest BCUT2D eigenvalue weighted by atomic mass is 16.5. The zero-order valence-electron chi connectivity index (χ0n) is 9.92. The standard InChI is InChI=1S/C13H19NO/c1-9(2)13(14-4)11-7-6-10(3)12(8-11)15-5/h6-8,13-14H,1H2,2-5H3. The largest absolute Gasteiger partial charge is 0.496 e. The van der Waals surface area contributed by atoms with Crippen LogP contribution < -0.4 is 10.1 Å². The van der Waals surface area contributed by atoms with Crippen molar-refractivity contribution in [3.63, 3.8) is 0 Å². The summed E-state index contributed by atoms with van der Waals surface area (Å²) in [4.78, 5) is 0. The number of methoxy groups -OCH3 is 1. The molecule has 0 bridgehead atoms. The molecule has 1 N–H and O–H groups in total. The molecule has 0 saturated heterocycles. The van der Waals surface area contributed by atoms with Gasteiger partial charge in [0.05, 0.1) is 13.2 Å². The van der Waals surface area contributed by atoms with Gasteiger partial charge in [0.1, 0.15) is 5.75 Å². The molecule has 15 heavy (non-hydrogen) atoms. The maximum absolute atomic E-state index is 5.30. The minimum atomic E-state index is 0.194. The van der Waals surface area contributed by atoms with Crippen molar-refractivity contribution in [3.8, 4) is 5.75 Å². The van der Waals surface area contributed by atoms with E-state index in [0.717, 1.165) is 16.9 Å². The number of hydrogen-bond acceptors (Lipinski definition) is 2. The number of ether oxygens (including phenoxy) is 1. The minimum absolute atomic E-state index is 0.194. The number of aryl methyl sites for hydroxylation is 1. The molecule has 1 atom stereocenters. The average Bonchev–Trinajstić information content (AvgIpc) is 2.21. The summed E-state index contributed by atoms with van der Waals surface area (Å²) in [5.41, 5.74) is 3.44. The maximum Gasteiger partial charge on any atom is 0.122 e. The third kappa shape index (κ3) is 2.60. The van der Waals surface area contributed by atoms with E-state index in [1.54, 1.807) is 7.11 Å². The summed E-state index contributed by atoms with van der Waals surface area (Å²) in [6.45, 7) is 8.04. The second-order valence-corrected chi connectivity index (χ2v) is 3.80. The van der Waals surface area contributed by atoms with Gasteiger partial charge in [0.25, 0.3) is 0 Å². The van der Waals surface area contributed by atoms with Crippen molar-refractivity contribution in [2.45, 2.75) is 19.9 Å². The molecular weight excluding hydrogens is 186 g/mol. The number of nitrogens with one attached hydrogen (secondary N) is 1. The number of benzene rings is 1. The first-order valence-electron chi connectivity index (χ1n) is 5.07. The van der Waals surface area contributed by atoms with Crippen LogP contribution in [0, 0.1) is 6.92 Å². The normalized spacial score (nSPS) is 12.3. The van der Waals surface area contributed by atoms with Crippen molar-refractivity contribution in [1.29, 1.82) is 0 Å². The van der Waals surface area contributed by atoms with Gasteiger partial charge < -0.3 is 10.1 Å². The van der Waals surface area contributed by atoms with Crippen LogP contribution in [0.3, 0.4) is 0 Å². The van der Waals surface area contributed by atoms with Crippen molar-refractivity contribution in [1.82, 2.24) is 5.32 Å². The quantitative estimate of drug-likeness (QED) is 0.763. The third-order valence-corrected chi connectivity index (χ3v) is 2.55. The highest BCUT2D eigenvalue weighted by molar-refractivity contribution is 5.39. The Morgan fingerprint density at radius 1 is 1.47 bits per heavy atom. The molecule has 1 aromatic carbocycles. The van der Waals surface area contributed by atoms with Crippen LogP contribution in [0.4, 0.5) is 0 Å². The summed E-state index contributed by atoms with van der Waals surface area (Å²) < 4.78 is 5.30. The second kappa shape index (κ2) is 4.99. The van der Waals surface area contributed by atoms with Gasteiger partial charge in [-0.15, -0.1) is 0 Å². The lowest BCUT2D eigenvalue weighted by atomic mass is 9.99. The Morgan fingerprint density at radius 3 is 2.60 bits per heavy atom. The van der Waals surface area contributed by atoms with Gasteiger partial charge in [-0.1, -0.05) is 24.3 Å². The van der Waals surface area contributed by atoms with Crippen LogP contribution >= 0.6 is 0 Å². The first-order chi connectivity index (χ1) is 7.10. The highest BCUT2D eigenvalue weighted by Crippen LogP contribution is 2.26. The number of rotatable bonds is 4. The second-order valence-electron chi connectivity index (χ2n) is 3.80. The molecule has 0 radical (unpaired) electrons. The summed E-state index contributed by atoms with van der Waals surface area (Å²) in [7, 11) is 3.63. The molecule has 1 aromatic rings. The highest BCUT2D eigenvalue weighted by Gasteiger charge is 2.11. The first kappa shape index (κ1) is 11.8. The van der Waals surface area contributed by atoms with Crippen molar-refractivity contribution >= 4 is 0 Å². The van der Waals surface area contributed by atoms with Crippen LogP contribution in [0.2, 0.25) is 0 Å². The summed E-state index contributed by atoms with van der Waals surface area (Å²) >= 11 is 0. The van der Waals surface area contributed by atoms with Gasteiger partial charge in [-0.05, 0) is 38.1 Å². The number of hydrogen-bond donors (Lipinski definition) is 1. The molecule has 2 nitrogen and oxygen atoms in total. The monoisotopic (exact) mass is 205 g/mol. The molecule has 0 aliphatic rings. The molecule has 0 aliphatic carbocycles. The van der Waals surface area contributed by atoms with Crippen molar-refractivity contribution < 1.29 is 4.74 Å². The lowest BCUT2D eigenvalue weighted by Gasteiger charge is -2.18. The molecule has 1 rings (SSSR count). The van der Waals surface area contributed by atoms with Crippen molar-refractivity contribution in [2.75, 3.05) is 14.2 Å². The molecule has 82 valence electrons. The molecular formula is C13H19NO. The third-order valence-electron chi connectivity index (χ3n) is 2.55. The topological polar surface area (TPSA) is 21.3 Å². The predicted molar refractivity (Wildman–Crippen MR) is 64.3 cm³/mol. The van der Waals surface area contributed by atoms with Gasteiger partial charge in [-0.3, -0.25) is 0 Å². The van der Waals surface area contributed by atoms with Gasteiger partial charge in [0.2, 0.25) is 0 Å². The lowest BCUT2D eigenvalue weighted by molar-refractivity contribution is 0.410. The van der Waals surface area contributed by atoms with Crippen LogP contribution in [0.15, 0.2) is 30.4 Å². The van der Waals surface area contributed by atoms with E-state index >= 15 is 0 Å². The predicted octanol–water partition coefficient (Wildman–Crippen LogP) is 2.84. The fourth-order valence-electron chi connectivity index (χ4n) is 1.71. The van der Waals surface area contributed by atoms with Gasteiger partial charge >= 0.3 is 0 Å². The molecule has 0 heterocycles. The molecule has 1 unspecified atom stereocenters. The van der Waals surface area contributed by atoms with Crippen LogP contribution in [-0.4, -0.2) is 14.2 Å². The van der Waals surface area contributed by atoms with E-state index in [2.05, 4.69) is 30.1 Å². The van der Waals surface area contributed by atoms with Crippen LogP contribution in [0.1, 0.15) is 24.1 Å². The molecule has 0 amide bonds. The summed E-state index contributed by atoms with van der Waals surface area (Å²) in [6.07, 6.45) is 0. The smallest absolute Gasteiger partial charge is 0.122 e. The summed E-state index contributed by atoms with van der Waals surface area (Å²) in [5.74, 6) is 0.925. The molecule has 0 aliphatic heterocycles. The van der Waals surface area contributed by atoms with E-state index in [-0.39, 0.29) is 6.04 Å². The molecule has 0 aromatic heterocycles. The maximum atomic E-state index is 5.30. The van der Waals surface area contributed by atoms with Gasteiger partial charge in [0, 0.05) is 0 Å². The Morgan fingerprint density at radius 2 is 2.13 bits per heavy atom. The summed E-state index contributed by atoms with van der Waals surface area (Å²) in [6, 6.07) is 6.43. The molecule has 2 heteroatoms. The van der Waals surface area contributed by atoms with Gasteiger partial charge in [-0.2, -0.15) is 0 Å². The average molecular weight is 205 g/mol. The van der Waals surface area contributed by atoms with Crippen LogP contribution in [0.25, 0.3) is 0 Å². The summed E-state index contributed by atoms with van der Waals surface area (Å²) in [5, 5.41) is 3.23. The zero-order chi connectivity index (χ0) is 11.4. The van der Waals surface area contributed by atoms with E-state index < -0.39 is 0 Å². The Kier molecular flexibility index (Phi) is 3.92. The van der Waals surface area contributed by atoms with E-state index in [4.69, 9.17) is 4.74 Å². The molecule has 0 spiro atoms. The first-order valence-corrected chi connectivity index (χ1v) is 5.07. The van der Waals surface area contributed by atoms with E-state index in [1.165, 1.54) is 5.56 Å². The van der Waals surface area contributed by atoms with Crippen LogP contribution in [0.5, 0.6) is 5.75 Å². The zero-order valence-corrected chi connectivity index (χ0v) is 9.92. The fourth-order valence-corrected chi connectivity index (χ4v) is 1.71. The van der Waals surface area contributed by atoms with Crippen LogP contribution in [-0.2, 0) is 0 Å².